The summed E-state index contributed by atoms with van der Waals surface area (Å²) in [5, 5.41) is 11.2. The average molecular weight is 389 g/mol. The number of halogens is 1. The van der Waals surface area contributed by atoms with Crippen LogP contribution >= 0.6 is 11.6 Å². The topological polar surface area (TPSA) is 69.7 Å². The molecule has 0 spiro atoms. The van der Waals surface area contributed by atoms with Gasteiger partial charge in [0.1, 0.15) is 11.6 Å². The minimum absolute atomic E-state index is 0.605. The second-order valence-electron chi connectivity index (χ2n) is 6.60. The molecule has 0 radical (unpaired) electrons. The standard InChI is InChI=1S/C21H17ClN6/c1-13-25-20(27-26-13)14-8-9-18(16(22)11-14)28-19-7-3-2-6-17(19)24-12-15-5-4-10-23-21(15)28/h2-11,24H,12H2,1H3,(H,25,26,27). The monoisotopic (exact) mass is 388 g/mol. The first kappa shape index (κ1) is 16.8. The van der Waals surface area contributed by atoms with Gasteiger partial charge in [0.15, 0.2) is 5.82 Å². The van der Waals surface area contributed by atoms with Gasteiger partial charge in [-0.3, -0.25) is 10.00 Å². The fourth-order valence-corrected chi connectivity index (χ4v) is 3.70. The molecule has 28 heavy (non-hydrogen) atoms. The van der Waals surface area contributed by atoms with Gasteiger partial charge >= 0.3 is 0 Å². The quantitative estimate of drug-likeness (QED) is 0.492. The van der Waals surface area contributed by atoms with Crippen LogP contribution in [0.4, 0.5) is 22.9 Å². The molecule has 6 nitrogen and oxygen atoms in total. The zero-order valence-electron chi connectivity index (χ0n) is 15.1. The van der Waals surface area contributed by atoms with Crippen molar-refractivity contribution in [2.75, 3.05) is 10.2 Å². The van der Waals surface area contributed by atoms with Gasteiger partial charge in [-0.1, -0.05) is 29.8 Å². The maximum Gasteiger partial charge on any atom is 0.181 e. The highest BCUT2D eigenvalue weighted by Gasteiger charge is 2.24. The van der Waals surface area contributed by atoms with Gasteiger partial charge in [0.05, 0.1) is 22.1 Å². The summed E-state index contributed by atoms with van der Waals surface area (Å²) in [6.07, 6.45) is 1.80. The summed E-state index contributed by atoms with van der Waals surface area (Å²) in [6.45, 7) is 2.57. The lowest BCUT2D eigenvalue weighted by Gasteiger charge is -2.26. The summed E-state index contributed by atoms with van der Waals surface area (Å²) < 4.78 is 0. The van der Waals surface area contributed by atoms with Crippen molar-refractivity contribution < 1.29 is 0 Å². The fourth-order valence-electron chi connectivity index (χ4n) is 3.44. The number of H-pyrrole nitrogens is 1. The van der Waals surface area contributed by atoms with Crippen LogP contribution in [0.5, 0.6) is 0 Å². The molecule has 3 heterocycles. The Morgan fingerprint density at radius 1 is 1.04 bits per heavy atom. The maximum absolute atomic E-state index is 6.75. The highest BCUT2D eigenvalue weighted by atomic mass is 35.5. The molecule has 2 aromatic carbocycles. The van der Waals surface area contributed by atoms with Crippen LogP contribution < -0.4 is 10.2 Å². The number of nitrogens with zero attached hydrogens (tertiary/aromatic N) is 4. The van der Waals surface area contributed by atoms with Crippen molar-refractivity contribution in [3.63, 3.8) is 0 Å². The first-order chi connectivity index (χ1) is 13.7. The Morgan fingerprint density at radius 2 is 1.93 bits per heavy atom. The van der Waals surface area contributed by atoms with Crippen LogP contribution in [-0.4, -0.2) is 20.2 Å². The summed E-state index contributed by atoms with van der Waals surface area (Å²) in [6, 6.07) is 18.0. The van der Waals surface area contributed by atoms with E-state index in [-0.39, 0.29) is 0 Å². The number of hydrogen-bond acceptors (Lipinski definition) is 5. The van der Waals surface area contributed by atoms with Crippen LogP contribution in [0, 0.1) is 6.92 Å². The lowest BCUT2D eigenvalue weighted by molar-refractivity contribution is 1.04. The number of aryl methyl sites for hydroxylation is 1. The molecule has 0 atom stereocenters. The lowest BCUT2D eigenvalue weighted by atomic mass is 10.1. The van der Waals surface area contributed by atoms with Gasteiger partial charge < -0.3 is 5.32 Å². The van der Waals surface area contributed by atoms with Crippen molar-refractivity contribution in [1.29, 1.82) is 0 Å². The van der Waals surface area contributed by atoms with Gasteiger partial charge in [-0.15, -0.1) is 0 Å². The van der Waals surface area contributed by atoms with Crippen LogP contribution in [0.3, 0.4) is 0 Å². The molecule has 0 amide bonds. The Kier molecular flexibility index (Phi) is 3.98. The SMILES string of the molecule is Cc1nc(-c2ccc(N3c4ccccc4NCc4cccnc43)c(Cl)c2)n[nH]1. The van der Waals surface area contributed by atoms with Gasteiger partial charge in [-0.25, -0.2) is 9.97 Å². The normalized spacial score (nSPS) is 12.7. The van der Waals surface area contributed by atoms with E-state index < -0.39 is 0 Å². The Bertz CT molecular complexity index is 1120. The highest BCUT2D eigenvalue weighted by Crippen LogP contribution is 2.44. The number of rotatable bonds is 2. The molecule has 0 saturated carbocycles. The van der Waals surface area contributed by atoms with Gasteiger partial charge in [0.25, 0.3) is 0 Å². The summed E-state index contributed by atoms with van der Waals surface area (Å²) >= 11 is 6.75. The first-order valence-electron chi connectivity index (χ1n) is 8.96. The lowest BCUT2D eigenvalue weighted by Crippen LogP contribution is -2.13. The number of benzene rings is 2. The van der Waals surface area contributed by atoms with Gasteiger partial charge in [-0.05, 0) is 43.3 Å². The smallest absolute Gasteiger partial charge is 0.181 e. The molecule has 5 rings (SSSR count). The molecule has 138 valence electrons. The van der Waals surface area contributed by atoms with Gasteiger partial charge in [0, 0.05) is 23.9 Å². The third-order valence-corrected chi connectivity index (χ3v) is 5.04. The molecular formula is C21H17ClN6. The van der Waals surface area contributed by atoms with E-state index in [1.807, 2.05) is 43.3 Å². The van der Waals surface area contributed by atoms with Crippen molar-refractivity contribution in [3.05, 3.63) is 77.2 Å². The molecule has 1 aliphatic rings. The van der Waals surface area contributed by atoms with E-state index in [0.717, 1.165) is 39.8 Å². The minimum atomic E-state index is 0.605. The first-order valence-corrected chi connectivity index (χ1v) is 9.34. The second-order valence-corrected chi connectivity index (χ2v) is 7.01. The van der Waals surface area contributed by atoms with E-state index in [1.54, 1.807) is 6.20 Å². The van der Waals surface area contributed by atoms with E-state index in [4.69, 9.17) is 11.6 Å². The van der Waals surface area contributed by atoms with Crippen molar-refractivity contribution in [3.8, 4) is 11.4 Å². The summed E-state index contributed by atoms with van der Waals surface area (Å²) in [7, 11) is 0. The maximum atomic E-state index is 6.75. The van der Waals surface area contributed by atoms with Gasteiger partial charge in [0.2, 0.25) is 0 Å². The molecule has 0 aliphatic carbocycles. The molecule has 1 aliphatic heterocycles. The average Bonchev–Trinajstić information content (AvgIpc) is 3.08. The van der Waals surface area contributed by atoms with Crippen molar-refractivity contribution >= 4 is 34.5 Å². The largest absolute Gasteiger partial charge is 0.379 e. The van der Waals surface area contributed by atoms with E-state index in [1.165, 1.54) is 0 Å². The number of fused-ring (bicyclic) bond motifs is 2. The predicted octanol–water partition coefficient (Wildman–Crippen LogP) is 5.22. The third kappa shape index (κ3) is 2.78. The van der Waals surface area contributed by atoms with Crippen LogP contribution in [0.1, 0.15) is 11.4 Å². The molecule has 7 heteroatoms. The summed E-state index contributed by atoms with van der Waals surface area (Å²) in [5.74, 6) is 2.26. The number of nitrogens with one attached hydrogen (secondary N) is 2. The molecule has 2 aromatic heterocycles. The number of para-hydroxylation sites is 2. The second kappa shape index (κ2) is 6.65. The van der Waals surface area contributed by atoms with Crippen LogP contribution in [0.25, 0.3) is 11.4 Å². The van der Waals surface area contributed by atoms with Crippen molar-refractivity contribution in [2.24, 2.45) is 0 Å². The van der Waals surface area contributed by atoms with Crippen molar-refractivity contribution in [1.82, 2.24) is 20.2 Å². The van der Waals surface area contributed by atoms with Gasteiger partial charge in [-0.2, -0.15) is 5.10 Å². The predicted molar refractivity (Wildman–Crippen MR) is 111 cm³/mol. The number of hydrogen-bond donors (Lipinski definition) is 2. The third-order valence-electron chi connectivity index (χ3n) is 4.74. The molecular weight excluding hydrogens is 372 g/mol. The van der Waals surface area contributed by atoms with Crippen LogP contribution in [-0.2, 0) is 6.54 Å². The van der Waals surface area contributed by atoms with Crippen LogP contribution in [0.15, 0.2) is 60.8 Å². The molecule has 0 saturated heterocycles. The number of aromatic nitrogens is 4. The fraction of sp³-hybridized carbons (Fsp3) is 0.0952. The zero-order chi connectivity index (χ0) is 19.1. The van der Waals surface area contributed by atoms with E-state index in [9.17, 15) is 0 Å². The van der Waals surface area contributed by atoms with E-state index in [0.29, 0.717) is 17.4 Å². The summed E-state index contributed by atoms with van der Waals surface area (Å²) in [5.41, 5.74) is 4.85. The number of pyridine rings is 1. The minimum Gasteiger partial charge on any atom is -0.379 e. The van der Waals surface area contributed by atoms with E-state index in [2.05, 4.69) is 48.6 Å². The molecule has 4 aromatic rings. The molecule has 0 fully saturated rings. The Morgan fingerprint density at radius 3 is 2.75 bits per heavy atom. The van der Waals surface area contributed by atoms with E-state index >= 15 is 0 Å². The summed E-state index contributed by atoms with van der Waals surface area (Å²) in [4.78, 5) is 11.1. The van der Waals surface area contributed by atoms with Crippen LogP contribution in [0.2, 0.25) is 5.02 Å². The highest BCUT2D eigenvalue weighted by molar-refractivity contribution is 6.34. The number of anilines is 4. The Balaban J connectivity index is 1.68. The molecule has 0 bridgehead atoms. The Hall–Kier alpha value is -3.38. The number of aromatic amines is 1. The molecule has 0 unspecified atom stereocenters. The molecule has 2 N–H and O–H groups in total. The zero-order valence-corrected chi connectivity index (χ0v) is 15.9. The Labute approximate surface area is 167 Å². The van der Waals surface area contributed by atoms with Crippen molar-refractivity contribution in [2.45, 2.75) is 13.5 Å².